The van der Waals surface area contributed by atoms with E-state index in [1.807, 2.05) is 19.1 Å². The molecule has 3 aliphatic carbocycles. The van der Waals surface area contributed by atoms with Gasteiger partial charge in [-0.2, -0.15) is 0 Å². The standard InChI is InChI=1S/C19H20O3/c1-19-10-17(21)15-9-12-2-4-13(20)8-11(12)3-5-14(15)16(19)6-7-18(19)22/h2,4,8-9,14,16,20H,3,5-7,10H2,1H3. The number of phenols is 1. The monoisotopic (exact) mass is 296 g/mol. The van der Waals surface area contributed by atoms with E-state index in [4.69, 9.17) is 0 Å². The Labute approximate surface area is 130 Å². The first-order valence-corrected chi connectivity index (χ1v) is 8.09. The minimum Gasteiger partial charge on any atom is -0.508 e. The molecule has 0 saturated heterocycles. The summed E-state index contributed by atoms with van der Waals surface area (Å²) < 4.78 is 0. The van der Waals surface area contributed by atoms with Crippen molar-refractivity contribution in [2.75, 3.05) is 0 Å². The van der Waals surface area contributed by atoms with Crippen LogP contribution in [-0.4, -0.2) is 16.7 Å². The maximum absolute atomic E-state index is 12.7. The lowest BCUT2D eigenvalue weighted by Crippen LogP contribution is -2.42. The Morgan fingerprint density at radius 3 is 2.82 bits per heavy atom. The molecule has 0 amide bonds. The molecule has 0 radical (unpaired) electrons. The molecule has 0 aromatic heterocycles. The third-order valence-corrected chi connectivity index (χ3v) is 6.03. The van der Waals surface area contributed by atoms with Gasteiger partial charge in [-0.1, -0.05) is 13.0 Å². The number of rotatable bonds is 0. The third-order valence-electron chi connectivity index (χ3n) is 6.03. The SMILES string of the molecule is CC12CC(=O)C3=Cc4ccc(O)cc4CCC3C1CCC2=O. The number of phenolic OH excluding ortho intramolecular Hbond substituents is 1. The van der Waals surface area contributed by atoms with Crippen LogP contribution in [0.15, 0.2) is 23.8 Å². The molecule has 1 N–H and O–H groups in total. The number of allylic oxidation sites excluding steroid dienone is 1. The van der Waals surface area contributed by atoms with Gasteiger partial charge >= 0.3 is 0 Å². The quantitative estimate of drug-likeness (QED) is 0.799. The average molecular weight is 296 g/mol. The summed E-state index contributed by atoms with van der Waals surface area (Å²) in [6.07, 6.45) is 5.64. The Kier molecular flexibility index (Phi) is 2.84. The van der Waals surface area contributed by atoms with Crippen LogP contribution >= 0.6 is 0 Å². The van der Waals surface area contributed by atoms with Crippen molar-refractivity contribution in [1.29, 1.82) is 0 Å². The lowest BCUT2D eigenvalue weighted by Gasteiger charge is -2.41. The predicted octanol–water partition coefficient (Wildman–Crippen LogP) is 3.30. The van der Waals surface area contributed by atoms with Gasteiger partial charge in [0.25, 0.3) is 0 Å². The lowest BCUT2D eigenvalue weighted by molar-refractivity contribution is -0.134. The van der Waals surface area contributed by atoms with Gasteiger partial charge < -0.3 is 5.11 Å². The molecule has 114 valence electrons. The van der Waals surface area contributed by atoms with Gasteiger partial charge in [-0.15, -0.1) is 0 Å². The van der Waals surface area contributed by atoms with Crippen molar-refractivity contribution in [1.82, 2.24) is 0 Å². The molecule has 0 bridgehead atoms. The molecule has 0 heterocycles. The highest BCUT2D eigenvalue weighted by atomic mass is 16.3. The number of Topliss-reactive ketones (excluding diaryl/α,β-unsaturated/α-hetero) is 2. The summed E-state index contributed by atoms with van der Waals surface area (Å²) in [5.74, 6) is 1.16. The van der Waals surface area contributed by atoms with E-state index >= 15 is 0 Å². The summed E-state index contributed by atoms with van der Waals surface area (Å²) in [6, 6.07) is 5.36. The summed E-state index contributed by atoms with van der Waals surface area (Å²) in [6.45, 7) is 1.99. The minimum absolute atomic E-state index is 0.139. The fraction of sp³-hybridized carbons (Fsp3) is 0.474. The molecule has 2 saturated carbocycles. The number of carbonyl (C=O) groups is 2. The van der Waals surface area contributed by atoms with E-state index in [1.165, 1.54) is 0 Å². The van der Waals surface area contributed by atoms with E-state index < -0.39 is 5.41 Å². The van der Waals surface area contributed by atoms with Crippen LogP contribution in [0.1, 0.15) is 43.7 Å². The van der Waals surface area contributed by atoms with E-state index in [0.717, 1.165) is 36.0 Å². The molecule has 1 aromatic carbocycles. The molecule has 3 heteroatoms. The van der Waals surface area contributed by atoms with Crippen molar-refractivity contribution in [3.8, 4) is 5.75 Å². The van der Waals surface area contributed by atoms with Gasteiger partial charge in [0.15, 0.2) is 5.78 Å². The van der Waals surface area contributed by atoms with Crippen molar-refractivity contribution < 1.29 is 14.7 Å². The topological polar surface area (TPSA) is 54.4 Å². The molecule has 0 aliphatic heterocycles. The lowest BCUT2D eigenvalue weighted by atomic mass is 9.61. The summed E-state index contributed by atoms with van der Waals surface area (Å²) in [5, 5.41) is 9.68. The van der Waals surface area contributed by atoms with Crippen LogP contribution in [0.2, 0.25) is 0 Å². The molecular weight excluding hydrogens is 276 g/mol. The number of aromatic hydroxyl groups is 1. The Morgan fingerprint density at radius 1 is 1.18 bits per heavy atom. The smallest absolute Gasteiger partial charge is 0.160 e. The van der Waals surface area contributed by atoms with Crippen LogP contribution in [0.25, 0.3) is 6.08 Å². The fourth-order valence-electron chi connectivity index (χ4n) is 4.80. The van der Waals surface area contributed by atoms with Gasteiger partial charge in [0.1, 0.15) is 11.5 Å². The third kappa shape index (κ3) is 1.81. The van der Waals surface area contributed by atoms with Gasteiger partial charge in [-0.3, -0.25) is 9.59 Å². The molecule has 3 nitrogen and oxygen atoms in total. The zero-order chi connectivity index (χ0) is 15.5. The van der Waals surface area contributed by atoms with E-state index in [2.05, 4.69) is 0 Å². The highest BCUT2D eigenvalue weighted by Gasteiger charge is 2.54. The fourth-order valence-corrected chi connectivity index (χ4v) is 4.80. The van der Waals surface area contributed by atoms with Gasteiger partial charge in [-0.25, -0.2) is 0 Å². The molecule has 0 spiro atoms. The summed E-state index contributed by atoms with van der Waals surface area (Å²) >= 11 is 0. The van der Waals surface area contributed by atoms with Crippen LogP contribution < -0.4 is 0 Å². The van der Waals surface area contributed by atoms with Crippen LogP contribution in [0, 0.1) is 17.3 Å². The number of aryl methyl sites for hydroxylation is 1. The van der Waals surface area contributed by atoms with Crippen molar-refractivity contribution >= 4 is 17.6 Å². The first-order valence-electron chi connectivity index (χ1n) is 8.09. The molecule has 3 atom stereocenters. The van der Waals surface area contributed by atoms with Crippen molar-refractivity contribution in [2.45, 2.75) is 39.0 Å². The summed E-state index contributed by atoms with van der Waals surface area (Å²) in [4.78, 5) is 25.0. The Hall–Kier alpha value is -1.90. The predicted molar refractivity (Wildman–Crippen MR) is 83.4 cm³/mol. The Balaban J connectivity index is 1.80. The van der Waals surface area contributed by atoms with Gasteiger partial charge in [0, 0.05) is 18.3 Å². The Bertz CT molecular complexity index is 715. The largest absolute Gasteiger partial charge is 0.508 e. The second kappa shape index (κ2) is 4.55. The van der Waals surface area contributed by atoms with Crippen LogP contribution in [0.4, 0.5) is 0 Å². The molecule has 1 aromatic rings. The van der Waals surface area contributed by atoms with E-state index in [-0.39, 0.29) is 23.2 Å². The number of hydrogen-bond acceptors (Lipinski definition) is 3. The molecule has 4 rings (SSSR count). The maximum atomic E-state index is 12.7. The summed E-state index contributed by atoms with van der Waals surface area (Å²) in [5.41, 5.74) is 2.59. The minimum atomic E-state index is -0.447. The van der Waals surface area contributed by atoms with Crippen molar-refractivity contribution in [2.24, 2.45) is 17.3 Å². The summed E-state index contributed by atoms with van der Waals surface area (Å²) in [7, 11) is 0. The highest BCUT2D eigenvalue weighted by molar-refractivity contribution is 6.05. The molecule has 2 fully saturated rings. The molecule has 3 unspecified atom stereocenters. The molecule has 3 aliphatic rings. The second-order valence-electron chi connectivity index (χ2n) is 7.21. The van der Waals surface area contributed by atoms with E-state index in [0.29, 0.717) is 18.8 Å². The second-order valence-corrected chi connectivity index (χ2v) is 7.21. The van der Waals surface area contributed by atoms with Crippen molar-refractivity contribution in [3.05, 3.63) is 34.9 Å². The maximum Gasteiger partial charge on any atom is 0.160 e. The normalized spacial score (nSPS) is 33.6. The highest BCUT2D eigenvalue weighted by Crippen LogP contribution is 2.55. The van der Waals surface area contributed by atoms with Crippen molar-refractivity contribution in [3.63, 3.8) is 0 Å². The first-order chi connectivity index (χ1) is 10.5. The number of ketones is 2. The van der Waals surface area contributed by atoms with Gasteiger partial charge in [0.05, 0.1) is 0 Å². The average Bonchev–Trinajstić information content (AvgIpc) is 2.67. The van der Waals surface area contributed by atoms with Gasteiger partial charge in [-0.05, 0) is 66.0 Å². The number of hydrogen-bond donors (Lipinski definition) is 1. The Morgan fingerprint density at radius 2 is 2.00 bits per heavy atom. The van der Waals surface area contributed by atoms with Gasteiger partial charge in [0.2, 0.25) is 0 Å². The zero-order valence-corrected chi connectivity index (χ0v) is 12.8. The van der Waals surface area contributed by atoms with E-state index in [1.54, 1.807) is 12.1 Å². The van der Waals surface area contributed by atoms with Crippen LogP contribution in [0.3, 0.4) is 0 Å². The number of carbonyl (C=O) groups excluding carboxylic acids is 2. The van der Waals surface area contributed by atoms with E-state index in [9.17, 15) is 14.7 Å². The molecular formula is C19H20O3. The zero-order valence-electron chi connectivity index (χ0n) is 12.8. The number of benzene rings is 1. The van der Waals surface area contributed by atoms with Crippen LogP contribution in [-0.2, 0) is 16.0 Å². The van der Waals surface area contributed by atoms with Crippen LogP contribution in [0.5, 0.6) is 5.75 Å². The number of fused-ring (bicyclic) bond motifs is 4. The molecule has 22 heavy (non-hydrogen) atoms. The first kappa shape index (κ1) is 13.7.